The Morgan fingerprint density at radius 1 is 1.31 bits per heavy atom. The highest BCUT2D eigenvalue weighted by Gasteiger charge is 2.35. The van der Waals surface area contributed by atoms with Crippen molar-refractivity contribution in [1.29, 1.82) is 0 Å². The number of carbonyl (C=O) groups excluding carboxylic acids is 1. The molecule has 0 fully saturated rings. The van der Waals surface area contributed by atoms with E-state index in [1.165, 1.54) is 7.11 Å². The highest BCUT2D eigenvalue weighted by Crippen LogP contribution is 2.30. The standard InChI is InChI=1S/C14H20O2/c1-4-5-11-14(2,13(15)16-3)12-9-7-6-8-10-12/h6-10H,4-5,11H2,1-3H3. The van der Waals surface area contributed by atoms with Crippen molar-refractivity contribution < 1.29 is 9.53 Å². The Morgan fingerprint density at radius 2 is 1.94 bits per heavy atom. The molecule has 16 heavy (non-hydrogen) atoms. The molecule has 0 heterocycles. The van der Waals surface area contributed by atoms with Crippen molar-refractivity contribution in [2.45, 2.75) is 38.5 Å². The number of carbonyl (C=O) groups is 1. The molecule has 1 unspecified atom stereocenters. The number of hydrogen-bond acceptors (Lipinski definition) is 2. The molecule has 88 valence electrons. The topological polar surface area (TPSA) is 26.3 Å². The summed E-state index contributed by atoms with van der Waals surface area (Å²) in [5.41, 5.74) is 0.529. The van der Waals surface area contributed by atoms with Crippen molar-refractivity contribution in [2.75, 3.05) is 7.11 Å². The molecule has 0 bridgehead atoms. The highest BCUT2D eigenvalue weighted by atomic mass is 16.5. The number of hydrogen-bond donors (Lipinski definition) is 0. The van der Waals surface area contributed by atoms with E-state index in [2.05, 4.69) is 6.92 Å². The average Bonchev–Trinajstić information content (AvgIpc) is 2.36. The van der Waals surface area contributed by atoms with Crippen LogP contribution in [0.25, 0.3) is 0 Å². The molecule has 0 radical (unpaired) electrons. The van der Waals surface area contributed by atoms with E-state index in [4.69, 9.17) is 4.74 Å². The van der Waals surface area contributed by atoms with Crippen LogP contribution in [0.15, 0.2) is 30.3 Å². The summed E-state index contributed by atoms with van der Waals surface area (Å²) < 4.78 is 4.93. The summed E-state index contributed by atoms with van der Waals surface area (Å²) in [5, 5.41) is 0. The Balaban J connectivity index is 2.99. The fourth-order valence-corrected chi connectivity index (χ4v) is 1.93. The molecule has 0 aromatic heterocycles. The fraction of sp³-hybridized carbons (Fsp3) is 0.500. The maximum atomic E-state index is 11.9. The Bertz CT molecular complexity index is 332. The van der Waals surface area contributed by atoms with Gasteiger partial charge in [-0.3, -0.25) is 4.79 Å². The molecule has 0 aliphatic heterocycles. The van der Waals surface area contributed by atoms with E-state index in [0.717, 1.165) is 24.8 Å². The van der Waals surface area contributed by atoms with E-state index in [1.54, 1.807) is 0 Å². The zero-order valence-electron chi connectivity index (χ0n) is 10.3. The minimum absolute atomic E-state index is 0.146. The van der Waals surface area contributed by atoms with Gasteiger partial charge in [-0.2, -0.15) is 0 Å². The molecule has 1 aromatic rings. The van der Waals surface area contributed by atoms with Crippen molar-refractivity contribution >= 4 is 5.97 Å². The van der Waals surface area contributed by atoms with Gasteiger partial charge in [0, 0.05) is 0 Å². The molecule has 0 saturated heterocycles. The van der Waals surface area contributed by atoms with E-state index in [1.807, 2.05) is 37.3 Å². The molecular weight excluding hydrogens is 200 g/mol. The second kappa shape index (κ2) is 5.69. The van der Waals surface area contributed by atoms with E-state index in [9.17, 15) is 4.79 Å². The minimum atomic E-state index is -0.508. The molecule has 1 rings (SSSR count). The summed E-state index contributed by atoms with van der Waals surface area (Å²) >= 11 is 0. The fourth-order valence-electron chi connectivity index (χ4n) is 1.93. The normalized spacial score (nSPS) is 14.2. The number of rotatable bonds is 5. The van der Waals surface area contributed by atoms with E-state index >= 15 is 0 Å². The van der Waals surface area contributed by atoms with Crippen LogP contribution in [0, 0.1) is 0 Å². The number of benzene rings is 1. The maximum absolute atomic E-state index is 11.9. The number of unbranched alkanes of at least 4 members (excludes halogenated alkanes) is 1. The predicted octanol–water partition coefficient (Wildman–Crippen LogP) is 3.31. The quantitative estimate of drug-likeness (QED) is 0.712. The van der Waals surface area contributed by atoms with Crippen LogP contribution < -0.4 is 0 Å². The van der Waals surface area contributed by atoms with Gasteiger partial charge in [0.1, 0.15) is 0 Å². The molecule has 1 atom stereocenters. The monoisotopic (exact) mass is 220 g/mol. The Kier molecular flexibility index (Phi) is 4.53. The lowest BCUT2D eigenvalue weighted by molar-refractivity contribution is -0.147. The average molecular weight is 220 g/mol. The minimum Gasteiger partial charge on any atom is -0.468 e. The van der Waals surface area contributed by atoms with Crippen LogP contribution in [-0.4, -0.2) is 13.1 Å². The highest BCUT2D eigenvalue weighted by molar-refractivity contribution is 5.82. The number of methoxy groups -OCH3 is 1. The predicted molar refractivity (Wildman–Crippen MR) is 65.3 cm³/mol. The van der Waals surface area contributed by atoms with E-state index in [0.29, 0.717) is 0 Å². The Labute approximate surface area is 97.6 Å². The van der Waals surface area contributed by atoms with E-state index in [-0.39, 0.29) is 5.97 Å². The van der Waals surface area contributed by atoms with Gasteiger partial charge >= 0.3 is 5.97 Å². The molecule has 0 saturated carbocycles. The van der Waals surface area contributed by atoms with Crippen LogP contribution in [0.5, 0.6) is 0 Å². The molecule has 0 amide bonds. The van der Waals surface area contributed by atoms with Crippen LogP contribution >= 0.6 is 0 Å². The largest absolute Gasteiger partial charge is 0.468 e. The van der Waals surface area contributed by atoms with Crippen LogP contribution in [0.2, 0.25) is 0 Å². The second-order valence-corrected chi connectivity index (χ2v) is 4.29. The van der Waals surface area contributed by atoms with Crippen molar-refractivity contribution in [2.24, 2.45) is 0 Å². The number of ether oxygens (including phenoxy) is 1. The van der Waals surface area contributed by atoms with Gasteiger partial charge in [-0.25, -0.2) is 0 Å². The smallest absolute Gasteiger partial charge is 0.315 e. The lowest BCUT2D eigenvalue weighted by Crippen LogP contribution is -2.33. The summed E-state index contributed by atoms with van der Waals surface area (Å²) in [7, 11) is 1.45. The van der Waals surface area contributed by atoms with Crippen molar-refractivity contribution in [3.05, 3.63) is 35.9 Å². The van der Waals surface area contributed by atoms with Crippen LogP contribution in [0.4, 0.5) is 0 Å². The first-order chi connectivity index (χ1) is 7.65. The van der Waals surface area contributed by atoms with Crippen LogP contribution in [0.1, 0.15) is 38.7 Å². The van der Waals surface area contributed by atoms with Gasteiger partial charge in [0.15, 0.2) is 0 Å². The molecule has 0 spiro atoms. The molecule has 2 nitrogen and oxygen atoms in total. The molecular formula is C14H20O2. The molecule has 1 aromatic carbocycles. The maximum Gasteiger partial charge on any atom is 0.315 e. The zero-order valence-corrected chi connectivity index (χ0v) is 10.3. The van der Waals surface area contributed by atoms with Gasteiger partial charge in [0.05, 0.1) is 12.5 Å². The van der Waals surface area contributed by atoms with Crippen molar-refractivity contribution in [3.63, 3.8) is 0 Å². The first kappa shape index (κ1) is 12.8. The van der Waals surface area contributed by atoms with Gasteiger partial charge in [-0.05, 0) is 18.9 Å². The molecule has 0 aliphatic rings. The first-order valence-corrected chi connectivity index (χ1v) is 5.79. The van der Waals surface area contributed by atoms with Crippen molar-refractivity contribution in [1.82, 2.24) is 0 Å². The lowest BCUT2D eigenvalue weighted by atomic mass is 9.78. The second-order valence-electron chi connectivity index (χ2n) is 4.29. The summed E-state index contributed by atoms with van der Waals surface area (Å²) in [6.07, 6.45) is 2.94. The molecule has 0 N–H and O–H groups in total. The van der Waals surface area contributed by atoms with Crippen molar-refractivity contribution in [3.8, 4) is 0 Å². The lowest BCUT2D eigenvalue weighted by Gasteiger charge is -2.27. The summed E-state index contributed by atoms with van der Waals surface area (Å²) in [5.74, 6) is -0.146. The van der Waals surface area contributed by atoms with Gasteiger partial charge in [-0.1, -0.05) is 50.1 Å². The third-order valence-corrected chi connectivity index (χ3v) is 3.08. The molecule has 0 aliphatic carbocycles. The third-order valence-electron chi connectivity index (χ3n) is 3.08. The Hall–Kier alpha value is -1.31. The van der Waals surface area contributed by atoms with Crippen LogP contribution in [-0.2, 0) is 14.9 Å². The SMILES string of the molecule is CCCCC(C)(C(=O)OC)c1ccccc1. The van der Waals surface area contributed by atoms with E-state index < -0.39 is 5.41 Å². The third kappa shape index (κ3) is 2.63. The first-order valence-electron chi connectivity index (χ1n) is 5.79. The molecule has 2 heteroatoms. The summed E-state index contributed by atoms with van der Waals surface area (Å²) in [6, 6.07) is 9.87. The Morgan fingerprint density at radius 3 is 2.44 bits per heavy atom. The zero-order chi connectivity index (χ0) is 12.0. The van der Waals surface area contributed by atoms with Gasteiger partial charge in [0.25, 0.3) is 0 Å². The van der Waals surface area contributed by atoms with Gasteiger partial charge in [0.2, 0.25) is 0 Å². The summed E-state index contributed by atoms with van der Waals surface area (Å²) in [6.45, 7) is 4.09. The summed E-state index contributed by atoms with van der Waals surface area (Å²) in [4.78, 5) is 11.9. The van der Waals surface area contributed by atoms with Gasteiger partial charge in [-0.15, -0.1) is 0 Å². The number of esters is 1. The van der Waals surface area contributed by atoms with Gasteiger partial charge < -0.3 is 4.74 Å². The van der Waals surface area contributed by atoms with Crippen LogP contribution in [0.3, 0.4) is 0 Å².